The summed E-state index contributed by atoms with van der Waals surface area (Å²) in [5.74, 6) is -0.595. The Kier molecular flexibility index (Phi) is 5.38. The lowest BCUT2D eigenvalue weighted by atomic mass is 10.2. The van der Waals surface area contributed by atoms with E-state index in [0.29, 0.717) is 13.2 Å². The normalized spacial score (nSPS) is 11.0. The first-order chi connectivity index (χ1) is 8.07. The maximum absolute atomic E-state index is 5.55. The SMILES string of the molecule is COC(C)(C)OCc1ccc(CN=C=S)cn1. The van der Waals surface area contributed by atoms with Crippen molar-refractivity contribution >= 4 is 17.4 Å². The summed E-state index contributed by atoms with van der Waals surface area (Å²) in [7, 11) is 1.61. The summed E-state index contributed by atoms with van der Waals surface area (Å²) >= 11 is 4.50. The number of thiocarbonyl (C=S) groups is 1. The van der Waals surface area contributed by atoms with Gasteiger partial charge in [0, 0.05) is 13.3 Å². The first-order valence-corrected chi connectivity index (χ1v) is 5.65. The summed E-state index contributed by atoms with van der Waals surface area (Å²) in [6.45, 7) is 4.64. The molecule has 4 nitrogen and oxygen atoms in total. The van der Waals surface area contributed by atoms with Crippen LogP contribution in [0.4, 0.5) is 0 Å². The summed E-state index contributed by atoms with van der Waals surface area (Å²) in [5.41, 5.74) is 1.85. The molecular weight excluding hydrogens is 236 g/mol. The van der Waals surface area contributed by atoms with Crippen LogP contribution in [-0.2, 0) is 22.6 Å². The smallest absolute Gasteiger partial charge is 0.162 e. The van der Waals surface area contributed by atoms with Crippen molar-refractivity contribution in [1.29, 1.82) is 0 Å². The minimum atomic E-state index is -0.595. The van der Waals surface area contributed by atoms with Crippen LogP contribution in [0.5, 0.6) is 0 Å². The molecule has 92 valence electrons. The average Bonchev–Trinajstić information content (AvgIpc) is 2.35. The summed E-state index contributed by atoms with van der Waals surface area (Å²) < 4.78 is 10.7. The summed E-state index contributed by atoms with van der Waals surface area (Å²) in [6.07, 6.45) is 1.76. The van der Waals surface area contributed by atoms with Gasteiger partial charge in [-0.1, -0.05) is 6.07 Å². The van der Waals surface area contributed by atoms with Crippen molar-refractivity contribution in [2.45, 2.75) is 32.8 Å². The number of hydrogen-bond donors (Lipinski definition) is 0. The maximum Gasteiger partial charge on any atom is 0.162 e. The molecule has 1 aromatic rings. The van der Waals surface area contributed by atoms with Crippen LogP contribution in [0.15, 0.2) is 23.3 Å². The monoisotopic (exact) mass is 252 g/mol. The molecule has 0 fully saturated rings. The van der Waals surface area contributed by atoms with Crippen molar-refractivity contribution in [3.05, 3.63) is 29.6 Å². The molecule has 0 saturated heterocycles. The lowest BCUT2D eigenvalue weighted by Crippen LogP contribution is -2.26. The van der Waals surface area contributed by atoms with Gasteiger partial charge in [-0.25, -0.2) is 4.99 Å². The highest BCUT2D eigenvalue weighted by atomic mass is 32.1. The third-order valence-electron chi connectivity index (χ3n) is 2.27. The highest BCUT2D eigenvalue weighted by Crippen LogP contribution is 2.12. The molecule has 1 aromatic heterocycles. The molecule has 0 saturated carbocycles. The zero-order valence-electron chi connectivity index (χ0n) is 10.3. The summed E-state index contributed by atoms with van der Waals surface area (Å²) in [4.78, 5) is 8.11. The molecule has 0 aliphatic carbocycles. The van der Waals surface area contributed by atoms with E-state index < -0.39 is 5.79 Å². The van der Waals surface area contributed by atoms with Crippen molar-refractivity contribution in [2.24, 2.45) is 4.99 Å². The fourth-order valence-corrected chi connectivity index (χ4v) is 1.13. The maximum atomic E-state index is 5.55. The molecule has 0 spiro atoms. The van der Waals surface area contributed by atoms with E-state index in [2.05, 4.69) is 27.4 Å². The fourth-order valence-electron chi connectivity index (χ4n) is 1.06. The molecule has 5 heteroatoms. The Bertz CT molecular complexity index is 397. The summed E-state index contributed by atoms with van der Waals surface area (Å²) in [6, 6.07) is 3.85. The van der Waals surface area contributed by atoms with E-state index >= 15 is 0 Å². The standard InChI is InChI=1S/C12H16N2O2S/c1-12(2,15-3)16-8-11-5-4-10(7-14-11)6-13-9-17/h4-5,7H,6,8H2,1-3H3. The van der Waals surface area contributed by atoms with Crippen molar-refractivity contribution in [1.82, 2.24) is 4.98 Å². The van der Waals surface area contributed by atoms with Gasteiger partial charge < -0.3 is 9.47 Å². The number of pyridine rings is 1. The van der Waals surface area contributed by atoms with Crippen LogP contribution in [0.2, 0.25) is 0 Å². The van der Waals surface area contributed by atoms with Crippen LogP contribution < -0.4 is 0 Å². The number of aliphatic imine (C=N–C) groups is 1. The zero-order chi connectivity index (χ0) is 12.7. The quantitative estimate of drug-likeness (QED) is 0.443. The molecule has 0 aliphatic rings. The van der Waals surface area contributed by atoms with Gasteiger partial charge >= 0.3 is 0 Å². The van der Waals surface area contributed by atoms with E-state index in [0.717, 1.165) is 11.3 Å². The van der Waals surface area contributed by atoms with Gasteiger partial charge in [0.1, 0.15) is 0 Å². The molecule has 0 aromatic carbocycles. The van der Waals surface area contributed by atoms with Crippen LogP contribution in [-0.4, -0.2) is 23.0 Å². The number of ether oxygens (including phenoxy) is 2. The second-order valence-corrected chi connectivity index (χ2v) is 4.14. The van der Waals surface area contributed by atoms with Crippen molar-refractivity contribution in [3.63, 3.8) is 0 Å². The molecule has 0 amide bonds. The topological polar surface area (TPSA) is 43.7 Å². The first kappa shape index (κ1) is 13.9. The predicted octanol–water partition coefficient (Wildman–Crippen LogP) is 2.58. The number of rotatable bonds is 6. The molecule has 0 aliphatic heterocycles. The highest BCUT2D eigenvalue weighted by Gasteiger charge is 2.16. The molecule has 0 bridgehead atoms. The highest BCUT2D eigenvalue weighted by molar-refractivity contribution is 7.78. The summed E-state index contributed by atoms with van der Waals surface area (Å²) in [5, 5.41) is 2.32. The second kappa shape index (κ2) is 6.57. The van der Waals surface area contributed by atoms with E-state index in [-0.39, 0.29) is 0 Å². The Morgan fingerprint density at radius 2 is 2.24 bits per heavy atom. The molecule has 0 unspecified atom stereocenters. The molecule has 0 radical (unpaired) electrons. The van der Waals surface area contributed by atoms with Crippen molar-refractivity contribution < 1.29 is 9.47 Å². The minimum Gasteiger partial charge on any atom is -0.354 e. The van der Waals surface area contributed by atoms with E-state index in [1.54, 1.807) is 13.3 Å². The predicted molar refractivity (Wildman–Crippen MR) is 68.8 cm³/mol. The lowest BCUT2D eigenvalue weighted by Gasteiger charge is -2.23. The number of hydrogen-bond acceptors (Lipinski definition) is 5. The van der Waals surface area contributed by atoms with Crippen LogP contribution in [0.1, 0.15) is 25.1 Å². The molecule has 17 heavy (non-hydrogen) atoms. The largest absolute Gasteiger partial charge is 0.354 e. The fraction of sp³-hybridized carbons (Fsp3) is 0.500. The third-order valence-corrected chi connectivity index (χ3v) is 2.40. The second-order valence-electron chi connectivity index (χ2n) is 3.96. The Balaban J connectivity index is 2.53. The van der Waals surface area contributed by atoms with Crippen LogP contribution in [0.3, 0.4) is 0 Å². The number of isothiocyanates is 1. The third kappa shape index (κ3) is 5.15. The lowest BCUT2D eigenvalue weighted by molar-refractivity contribution is -0.204. The van der Waals surface area contributed by atoms with Gasteiger partial charge in [-0.3, -0.25) is 4.98 Å². The van der Waals surface area contributed by atoms with Crippen LogP contribution in [0.25, 0.3) is 0 Å². The first-order valence-electron chi connectivity index (χ1n) is 5.24. The van der Waals surface area contributed by atoms with Gasteiger partial charge in [-0.2, -0.15) is 0 Å². The Morgan fingerprint density at radius 3 is 2.76 bits per heavy atom. The molecule has 1 rings (SSSR count). The Morgan fingerprint density at radius 1 is 1.47 bits per heavy atom. The van der Waals surface area contributed by atoms with Gasteiger partial charge in [0.15, 0.2) is 5.79 Å². The molecule has 1 heterocycles. The van der Waals surface area contributed by atoms with Gasteiger partial charge in [-0.15, -0.1) is 0 Å². The molecular formula is C12H16N2O2S. The van der Waals surface area contributed by atoms with Gasteiger partial charge in [0.25, 0.3) is 0 Å². The Labute approximate surface area is 107 Å². The molecule has 0 atom stereocenters. The van der Waals surface area contributed by atoms with E-state index in [1.165, 1.54) is 0 Å². The zero-order valence-corrected chi connectivity index (χ0v) is 11.1. The molecule has 0 N–H and O–H groups in total. The number of methoxy groups -OCH3 is 1. The minimum absolute atomic E-state index is 0.414. The van der Waals surface area contributed by atoms with E-state index in [1.807, 2.05) is 26.0 Å². The van der Waals surface area contributed by atoms with Crippen molar-refractivity contribution in [2.75, 3.05) is 7.11 Å². The van der Waals surface area contributed by atoms with Gasteiger partial charge in [0.2, 0.25) is 0 Å². The number of nitrogens with zero attached hydrogens (tertiary/aromatic N) is 2. The van der Waals surface area contributed by atoms with Crippen LogP contribution in [0, 0.1) is 0 Å². The van der Waals surface area contributed by atoms with Gasteiger partial charge in [-0.05, 0) is 37.7 Å². The van der Waals surface area contributed by atoms with E-state index in [9.17, 15) is 0 Å². The van der Waals surface area contributed by atoms with Gasteiger partial charge in [0.05, 0.1) is 24.0 Å². The van der Waals surface area contributed by atoms with Crippen LogP contribution >= 0.6 is 12.2 Å². The average molecular weight is 252 g/mol. The number of aromatic nitrogens is 1. The van der Waals surface area contributed by atoms with E-state index in [4.69, 9.17) is 9.47 Å². The Hall–Kier alpha value is -1.13. The van der Waals surface area contributed by atoms with Crippen molar-refractivity contribution in [3.8, 4) is 0 Å².